The van der Waals surface area contributed by atoms with Gasteiger partial charge in [-0.05, 0) is 12.0 Å². The second-order valence-electron chi connectivity index (χ2n) is 4.75. The van der Waals surface area contributed by atoms with E-state index in [0.717, 1.165) is 6.42 Å². The molecule has 5 heteroatoms. The van der Waals surface area contributed by atoms with E-state index in [1.165, 1.54) is 5.56 Å². The number of amides is 1. The minimum absolute atomic E-state index is 0.00270. The van der Waals surface area contributed by atoms with E-state index in [1.807, 2.05) is 30.3 Å². The smallest absolute Gasteiger partial charge is 0.244 e. The van der Waals surface area contributed by atoms with Crippen LogP contribution in [0, 0.1) is 0 Å². The van der Waals surface area contributed by atoms with Crippen molar-refractivity contribution in [3.05, 3.63) is 35.9 Å². The van der Waals surface area contributed by atoms with Gasteiger partial charge in [0.25, 0.3) is 0 Å². The number of Topliss-reactive ketones (excluding diaryl/α,β-unsaturated/α-hetero) is 1. The highest BCUT2D eigenvalue weighted by molar-refractivity contribution is 6.40. The third kappa shape index (κ3) is 3.66. The van der Waals surface area contributed by atoms with Gasteiger partial charge < -0.3 is 5.32 Å². The lowest BCUT2D eigenvalue weighted by Crippen LogP contribution is -2.41. The van der Waals surface area contributed by atoms with Crippen molar-refractivity contribution in [1.29, 1.82) is 0 Å². The zero-order chi connectivity index (χ0) is 14.4. The van der Waals surface area contributed by atoms with Gasteiger partial charge in [-0.2, -0.15) is 5.10 Å². The molecule has 0 fully saturated rings. The molecule has 1 amide bonds. The predicted molar refractivity (Wildman–Crippen MR) is 77.4 cm³/mol. The maximum absolute atomic E-state index is 11.9. The zero-order valence-corrected chi connectivity index (χ0v) is 11.6. The number of nitrogens with zero attached hydrogens (tertiary/aromatic N) is 1. The minimum atomic E-state index is -0.420. The van der Waals surface area contributed by atoms with Crippen molar-refractivity contribution in [1.82, 2.24) is 10.7 Å². The second-order valence-corrected chi connectivity index (χ2v) is 4.75. The van der Waals surface area contributed by atoms with Crippen LogP contribution in [0.1, 0.15) is 25.3 Å². The van der Waals surface area contributed by atoms with Gasteiger partial charge in [0.1, 0.15) is 11.8 Å². The fraction of sp³-hybridized carbons (Fsp3) is 0.400. The monoisotopic (exact) mass is 273 g/mol. The Bertz CT molecular complexity index is 511. The number of hydrogen-bond acceptors (Lipinski definition) is 4. The van der Waals surface area contributed by atoms with E-state index >= 15 is 0 Å². The van der Waals surface area contributed by atoms with Gasteiger partial charge in [0.15, 0.2) is 5.78 Å². The number of hydrazone groups is 1. The Morgan fingerprint density at radius 2 is 2.10 bits per heavy atom. The Balaban J connectivity index is 1.73. The summed E-state index contributed by atoms with van der Waals surface area (Å²) >= 11 is 0. The maximum atomic E-state index is 11.9. The molecule has 20 heavy (non-hydrogen) atoms. The lowest BCUT2D eigenvalue weighted by molar-refractivity contribution is -0.122. The van der Waals surface area contributed by atoms with Crippen LogP contribution in [0.5, 0.6) is 0 Å². The molecule has 0 bridgehead atoms. The van der Waals surface area contributed by atoms with Gasteiger partial charge in [0.2, 0.25) is 5.91 Å². The highest BCUT2D eigenvalue weighted by Gasteiger charge is 2.27. The van der Waals surface area contributed by atoms with E-state index < -0.39 is 6.04 Å². The highest BCUT2D eigenvalue weighted by atomic mass is 16.2. The van der Waals surface area contributed by atoms with E-state index in [1.54, 1.807) is 6.92 Å². The maximum Gasteiger partial charge on any atom is 0.244 e. The molecule has 0 radical (unpaired) electrons. The first-order valence-corrected chi connectivity index (χ1v) is 6.87. The number of hydrogen-bond donors (Lipinski definition) is 2. The topological polar surface area (TPSA) is 70.6 Å². The van der Waals surface area contributed by atoms with Gasteiger partial charge in [-0.1, -0.05) is 37.3 Å². The molecular weight excluding hydrogens is 254 g/mol. The fourth-order valence-electron chi connectivity index (χ4n) is 2.07. The molecule has 1 aromatic rings. The molecule has 2 N–H and O–H groups in total. The van der Waals surface area contributed by atoms with Crippen LogP contribution in [-0.4, -0.2) is 30.0 Å². The quantitative estimate of drug-likeness (QED) is 0.813. The molecule has 0 aromatic heterocycles. The molecule has 0 saturated carbocycles. The van der Waals surface area contributed by atoms with Crippen LogP contribution < -0.4 is 10.7 Å². The van der Waals surface area contributed by atoms with Crippen LogP contribution in [0.3, 0.4) is 0 Å². The molecule has 1 aromatic carbocycles. The van der Waals surface area contributed by atoms with E-state index in [-0.39, 0.29) is 11.7 Å². The average molecular weight is 273 g/mol. The van der Waals surface area contributed by atoms with Crippen molar-refractivity contribution in [3.63, 3.8) is 0 Å². The highest BCUT2D eigenvalue weighted by Crippen LogP contribution is 2.06. The van der Waals surface area contributed by atoms with Gasteiger partial charge in [-0.15, -0.1) is 0 Å². The molecule has 1 atom stereocenters. The lowest BCUT2D eigenvalue weighted by Gasteiger charge is -2.10. The summed E-state index contributed by atoms with van der Waals surface area (Å²) in [6.07, 6.45) is 1.59. The van der Waals surface area contributed by atoms with Crippen LogP contribution in [-0.2, 0) is 16.0 Å². The van der Waals surface area contributed by atoms with Crippen molar-refractivity contribution < 1.29 is 9.59 Å². The standard InChI is InChI=1S/C15H19N3O2/c1-2-14(19)12-10-13(18-17-12)15(20)16-9-8-11-6-4-3-5-7-11/h3-7,13,18H,2,8-10H2,1H3,(H,16,20). The van der Waals surface area contributed by atoms with Gasteiger partial charge in [0.05, 0.1) is 0 Å². The van der Waals surface area contributed by atoms with Crippen LogP contribution >= 0.6 is 0 Å². The summed E-state index contributed by atoms with van der Waals surface area (Å²) in [6.45, 7) is 2.37. The number of benzene rings is 1. The summed E-state index contributed by atoms with van der Waals surface area (Å²) < 4.78 is 0. The van der Waals surface area contributed by atoms with Crippen molar-refractivity contribution >= 4 is 17.4 Å². The Labute approximate surface area is 118 Å². The van der Waals surface area contributed by atoms with Crippen LogP contribution in [0.2, 0.25) is 0 Å². The Morgan fingerprint density at radius 1 is 1.35 bits per heavy atom. The first-order chi connectivity index (χ1) is 9.70. The van der Waals surface area contributed by atoms with Crippen LogP contribution in [0.15, 0.2) is 35.4 Å². The number of carbonyl (C=O) groups excluding carboxylic acids is 2. The summed E-state index contributed by atoms with van der Waals surface area (Å²) in [5, 5.41) is 6.80. The number of nitrogens with one attached hydrogen (secondary N) is 2. The summed E-state index contributed by atoms with van der Waals surface area (Å²) in [4.78, 5) is 23.4. The van der Waals surface area contributed by atoms with E-state index in [2.05, 4.69) is 15.8 Å². The summed E-state index contributed by atoms with van der Waals surface area (Å²) in [6, 6.07) is 9.56. The van der Waals surface area contributed by atoms with E-state index in [4.69, 9.17) is 0 Å². The van der Waals surface area contributed by atoms with Gasteiger partial charge >= 0.3 is 0 Å². The van der Waals surface area contributed by atoms with E-state index in [0.29, 0.717) is 25.1 Å². The number of rotatable bonds is 6. The summed E-state index contributed by atoms with van der Waals surface area (Å²) in [7, 11) is 0. The van der Waals surface area contributed by atoms with Crippen LogP contribution in [0.25, 0.3) is 0 Å². The predicted octanol–water partition coefficient (Wildman–Crippen LogP) is 1.04. The molecule has 0 aliphatic carbocycles. The van der Waals surface area contributed by atoms with Gasteiger partial charge in [-0.3, -0.25) is 15.0 Å². The first-order valence-electron chi connectivity index (χ1n) is 6.87. The summed E-state index contributed by atoms with van der Waals surface area (Å²) in [5.41, 5.74) is 4.38. The second kappa shape index (κ2) is 6.84. The van der Waals surface area contributed by atoms with E-state index in [9.17, 15) is 9.59 Å². The molecule has 2 rings (SSSR count). The molecule has 106 valence electrons. The lowest BCUT2D eigenvalue weighted by atomic mass is 10.1. The molecule has 1 heterocycles. The molecule has 5 nitrogen and oxygen atoms in total. The zero-order valence-electron chi connectivity index (χ0n) is 11.6. The van der Waals surface area contributed by atoms with Crippen molar-refractivity contribution in [2.24, 2.45) is 5.10 Å². The normalized spacial score (nSPS) is 17.2. The Hall–Kier alpha value is -2.17. The first kappa shape index (κ1) is 14.2. The summed E-state index contributed by atoms with van der Waals surface area (Å²) in [5.74, 6) is -0.110. The molecule has 0 spiro atoms. The van der Waals surface area contributed by atoms with Crippen molar-refractivity contribution in [3.8, 4) is 0 Å². The SMILES string of the molecule is CCC(=O)C1=NNC(C(=O)NCCc2ccccc2)C1. The van der Waals surface area contributed by atoms with Crippen LogP contribution in [0.4, 0.5) is 0 Å². The Kier molecular flexibility index (Phi) is 4.87. The minimum Gasteiger partial charge on any atom is -0.354 e. The third-order valence-corrected chi connectivity index (χ3v) is 3.27. The largest absolute Gasteiger partial charge is 0.354 e. The molecule has 0 saturated heterocycles. The average Bonchev–Trinajstić information content (AvgIpc) is 2.97. The number of ketones is 1. The van der Waals surface area contributed by atoms with Crippen molar-refractivity contribution in [2.75, 3.05) is 6.54 Å². The van der Waals surface area contributed by atoms with Crippen molar-refractivity contribution in [2.45, 2.75) is 32.2 Å². The van der Waals surface area contributed by atoms with Gasteiger partial charge in [-0.25, -0.2) is 0 Å². The van der Waals surface area contributed by atoms with Gasteiger partial charge in [0, 0.05) is 19.4 Å². The fourth-order valence-corrected chi connectivity index (χ4v) is 2.07. The third-order valence-electron chi connectivity index (χ3n) is 3.27. The molecule has 1 aliphatic heterocycles. The molecule has 1 aliphatic rings. The molecule has 1 unspecified atom stereocenters. The number of carbonyl (C=O) groups is 2. The molecular formula is C15H19N3O2. The Morgan fingerprint density at radius 3 is 2.80 bits per heavy atom.